The second-order valence-corrected chi connectivity index (χ2v) is 5.51. The zero-order valence-corrected chi connectivity index (χ0v) is 13.7. The van der Waals surface area contributed by atoms with Gasteiger partial charge in [-0.2, -0.15) is 0 Å². The van der Waals surface area contributed by atoms with E-state index in [-0.39, 0.29) is 12.5 Å². The number of likely N-dealkylation sites (N-methyl/N-ethyl adjacent to an activating group) is 1. The number of benzene rings is 1. The fourth-order valence-electron chi connectivity index (χ4n) is 2.73. The molecule has 0 saturated heterocycles. The maximum Gasteiger partial charge on any atom is 0.293 e. The van der Waals surface area contributed by atoms with Crippen LogP contribution in [0.15, 0.2) is 24.3 Å². The highest BCUT2D eigenvalue weighted by Crippen LogP contribution is 2.27. The van der Waals surface area contributed by atoms with Gasteiger partial charge < -0.3 is 14.8 Å². The second kappa shape index (κ2) is 8.19. The number of aldehydes is 1. The molecule has 1 unspecified atom stereocenters. The van der Waals surface area contributed by atoms with E-state index in [1.165, 1.54) is 0 Å². The summed E-state index contributed by atoms with van der Waals surface area (Å²) < 4.78 is 4.76. The van der Waals surface area contributed by atoms with Crippen LogP contribution in [0.2, 0.25) is 0 Å². The number of aromatic nitrogens is 1. The van der Waals surface area contributed by atoms with Gasteiger partial charge in [-0.05, 0) is 36.6 Å². The molecule has 1 amide bonds. The Labute approximate surface area is 140 Å². The number of hydrogen-bond acceptors (Lipinski definition) is 5. The smallest absolute Gasteiger partial charge is 0.293 e. The summed E-state index contributed by atoms with van der Waals surface area (Å²) in [6.07, 6.45) is 1.58. The molecule has 6 nitrogen and oxygen atoms in total. The molecular formula is C18H20N2O4. The molecule has 24 heavy (non-hydrogen) atoms. The first-order valence-electron chi connectivity index (χ1n) is 7.71. The normalized spacial score (nSPS) is 11.8. The third kappa shape index (κ3) is 3.95. The number of carbonyl (C=O) groups is 3. The molecule has 1 aromatic carbocycles. The second-order valence-electron chi connectivity index (χ2n) is 5.51. The molecule has 0 radical (unpaired) electrons. The molecule has 6 heteroatoms. The Balaban J connectivity index is 2.42. The van der Waals surface area contributed by atoms with Gasteiger partial charge in [0.2, 0.25) is 5.91 Å². The fourth-order valence-corrected chi connectivity index (χ4v) is 2.73. The van der Waals surface area contributed by atoms with Crippen LogP contribution in [-0.4, -0.2) is 30.7 Å². The topological polar surface area (TPSA) is 85.4 Å². The number of aryl methyl sites for hydroxylation is 1. The molecule has 2 rings (SSSR count). The van der Waals surface area contributed by atoms with Gasteiger partial charge in [-0.3, -0.25) is 14.6 Å². The molecule has 1 aromatic heterocycles. The minimum atomic E-state index is -0.407. The molecule has 1 N–H and O–H groups in total. The quantitative estimate of drug-likeness (QED) is 0.749. The maximum absolute atomic E-state index is 12.2. The molecule has 0 aliphatic carbocycles. The fraction of sp³-hybridized carbons (Fsp3) is 0.333. The number of fused-ring (bicyclic) bond motifs is 1. The number of rotatable bonds is 8. The average molecular weight is 328 g/mol. The van der Waals surface area contributed by atoms with E-state index >= 15 is 0 Å². The van der Waals surface area contributed by atoms with Crippen LogP contribution in [0.4, 0.5) is 0 Å². The Bertz CT molecular complexity index is 758. The predicted molar refractivity (Wildman–Crippen MR) is 89.4 cm³/mol. The molecule has 1 heterocycles. The monoisotopic (exact) mass is 328 g/mol. The van der Waals surface area contributed by atoms with E-state index in [9.17, 15) is 14.4 Å². The van der Waals surface area contributed by atoms with Crippen molar-refractivity contribution in [2.45, 2.75) is 32.3 Å². The van der Waals surface area contributed by atoms with Gasteiger partial charge in [0, 0.05) is 24.5 Å². The first-order chi connectivity index (χ1) is 11.6. The lowest BCUT2D eigenvalue weighted by Crippen LogP contribution is -2.26. The van der Waals surface area contributed by atoms with Crippen molar-refractivity contribution in [1.82, 2.24) is 10.3 Å². The summed E-state index contributed by atoms with van der Waals surface area (Å²) in [5.74, 6) is -0.535. The van der Waals surface area contributed by atoms with Gasteiger partial charge in [-0.15, -0.1) is 0 Å². The molecule has 0 aliphatic heterocycles. The van der Waals surface area contributed by atoms with E-state index < -0.39 is 5.92 Å². The zero-order valence-electron chi connectivity index (χ0n) is 13.7. The molecule has 0 aliphatic rings. The Morgan fingerprint density at radius 3 is 2.79 bits per heavy atom. The van der Waals surface area contributed by atoms with Crippen molar-refractivity contribution in [3.05, 3.63) is 41.1 Å². The lowest BCUT2D eigenvalue weighted by molar-refractivity contribution is -0.129. The molecule has 126 valence electrons. The van der Waals surface area contributed by atoms with E-state index in [1.54, 1.807) is 7.05 Å². The lowest BCUT2D eigenvalue weighted by Gasteiger charge is -2.17. The van der Waals surface area contributed by atoms with E-state index in [0.717, 1.165) is 34.0 Å². The van der Waals surface area contributed by atoms with E-state index in [2.05, 4.69) is 10.3 Å². The number of nitrogens with one attached hydrogen (secondary N) is 1. The first kappa shape index (κ1) is 17.6. The van der Waals surface area contributed by atoms with Crippen LogP contribution in [0.1, 0.15) is 35.6 Å². The lowest BCUT2D eigenvalue weighted by atomic mass is 9.91. The summed E-state index contributed by atoms with van der Waals surface area (Å²) >= 11 is 0. The largest absolute Gasteiger partial charge is 0.463 e. The van der Waals surface area contributed by atoms with Crippen LogP contribution in [0, 0.1) is 6.92 Å². The van der Waals surface area contributed by atoms with E-state index in [1.807, 2.05) is 31.2 Å². The van der Waals surface area contributed by atoms with Gasteiger partial charge in [-0.25, -0.2) is 0 Å². The minimum Gasteiger partial charge on any atom is -0.463 e. The summed E-state index contributed by atoms with van der Waals surface area (Å²) in [6.45, 7) is 2.45. The number of pyridine rings is 1. The van der Waals surface area contributed by atoms with Gasteiger partial charge in [0.15, 0.2) is 0 Å². The van der Waals surface area contributed by atoms with E-state index in [4.69, 9.17) is 4.74 Å². The zero-order chi connectivity index (χ0) is 17.5. The minimum absolute atomic E-state index is 0.128. The Morgan fingerprint density at radius 1 is 1.33 bits per heavy atom. The van der Waals surface area contributed by atoms with Gasteiger partial charge in [0.05, 0.1) is 11.4 Å². The highest BCUT2D eigenvalue weighted by atomic mass is 16.5. The average Bonchev–Trinajstić information content (AvgIpc) is 2.60. The molecule has 0 saturated carbocycles. The van der Waals surface area contributed by atoms with Gasteiger partial charge in [0.1, 0.15) is 12.9 Å². The highest BCUT2D eigenvalue weighted by molar-refractivity contribution is 5.87. The van der Waals surface area contributed by atoms with Crippen molar-refractivity contribution < 1.29 is 19.1 Å². The number of nitrogens with zero attached hydrogens (tertiary/aromatic N) is 1. The Kier molecular flexibility index (Phi) is 6.01. The van der Waals surface area contributed by atoms with Crippen LogP contribution in [-0.2, 0) is 25.7 Å². The summed E-state index contributed by atoms with van der Waals surface area (Å²) in [5.41, 5.74) is 3.18. The van der Waals surface area contributed by atoms with Crippen LogP contribution in [0.3, 0.4) is 0 Å². The van der Waals surface area contributed by atoms with Crippen LogP contribution < -0.4 is 5.32 Å². The third-order valence-electron chi connectivity index (χ3n) is 3.94. The maximum atomic E-state index is 12.2. The molecular weight excluding hydrogens is 308 g/mol. The summed E-state index contributed by atoms with van der Waals surface area (Å²) in [5, 5.41) is 3.54. The van der Waals surface area contributed by atoms with Crippen molar-refractivity contribution in [2.24, 2.45) is 0 Å². The van der Waals surface area contributed by atoms with Crippen molar-refractivity contribution in [2.75, 3.05) is 7.05 Å². The van der Waals surface area contributed by atoms with Crippen molar-refractivity contribution in [3.63, 3.8) is 0 Å². The summed E-state index contributed by atoms with van der Waals surface area (Å²) in [6, 6.07) is 7.53. The van der Waals surface area contributed by atoms with Crippen molar-refractivity contribution in [1.29, 1.82) is 0 Å². The molecule has 0 fully saturated rings. The predicted octanol–water partition coefficient (Wildman–Crippen LogP) is 2.02. The number of ether oxygens (including phenoxy) is 1. The van der Waals surface area contributed by atoms with Gasteiger partial charge >= 0.3 is 0 Å². The standard InChI is InChI=1S/C18H20N2O4/c1-12-16(15(4-3-7-21)18(23)19-2)9-14-6-5-13(10-24-11-22)8-17(14)20-12/h5-9,11,15H,3-4,10H2,1-2H3,(H,19,23). The summed E-state index contributed by atoms with van der Waals surface area (Å²) in [4.78, 5) is 37.7. The molecule has 1 atom stereocenters. The molecule has 2 aromatic rings. The van der Waals surface area contributed by atoms with Crippen LogP contribution in [0.5, 0.6) is 0 Å². The third-order valence-corrected chi connectivity index (χ3v) is 3.94. The molecule has 0 spiro atoms. The van der Waals surface area contributed by atoms with Crippen LogP contribution >= 0.6 is 0 Å². The van der Waals surface area contributed by atoms with Crippen LogP contribution in [0.25, 0.3) is 10.9 Å². The molecule has 0 bridgehead atoms. The van der Waals surface area contributed by atoms with Gasteiger partial charge in [0.25, 0.3) is 6.47 Å². The summed E-state index contributed by atoms with van der Waals surface area (Å²) in [7, 11) is 1.58. The Hall–Kier alpha value is -2.76. The van der Waals surface area contributed by atoms with Crippen molar-refractivity contribution in [3.8, 4) is 0 Å². The van der Waals surface area contributed by atoms with E-state index in [0.29, 0.717) is 19.3 Å². The first-order valence-corrected chi connectivity index (χ1v) is 7.71. The van der Waals surface area contributed by atoms with Crippen molar-refractivity contribution >= 4 is 29.6 Å². The SMILES string of the molecule is CNC(=O)C(CCC=O)c1cc2ccc(COC=O)cc2nc1C. The number of hydrogen-bond donors (Lipinski definition) is 1. The Morgan fingerprint density at radius 2 is 2.12 bits per heavy atom. The number of carbonyl (C=O) groups excluding carboxylic acids is 3. The number of amides is 1. The van der Waals surface area contributed by atoms with Gasteiger partial charge in [-0.1, -0.05) is 12.1 Å². The highest BCUT2D eigenvalue weighted by Gasteiger charge is 2.22.